The van der Waals surface area contributed by atoms with Crippen LogP contribution in [0.15, 0.2) is 95.9 Å². The molecule has 4 aromatic carbocycles. The number of benzene rings is 4. The van der Waals surface area contributed by atoms with Gasteiger partial charge in [0.2, 0.25) is 0 Å². The van der Waals surface area contributed by atoms with Gasteiger partial charge in [0, 0.05) is 38.7 Å². The van der Waals surface area contributed by atoms with Gasteiger partial charge in [-0.2, -0.15) is 0 Å². The molecule has 1 atom stereocenters. The third kappa shape index (κ3) is 7.04. The first-order chi connectivity index (χ1) is 21.6. The molecule has 1 fully saturated rings. The maximum Gasteiger partial charge on any atom is 0.265 e. The zero-order chi connectivity index (χ0) is 32.1. The normalized spacial score (nSPS) is 14.5. The second-order valence-corrected chi connectivity index (χ2v) is 12.4. The van der Waals surface area contributed by atoms with Crippen LogP contribution in [0.3, 0.4) is 0 Å². The first-order valence-electron chi connectivity index (χ1n) is 14.3. The van der Waals surface area contributed by atoms with Gasteiger partial charge in [-0.15, -0.1) is 0 Å². The summed E-state index contributed by atoms with van der Waals surface area (Å²) in [5.74, 6) is 0.865. The number of hydrogen-bond donors (Lipinski definition) is 1. The van der Waals surface area contributed by atoms with Crippen molar-refractivity contribution in [2.45, 2.75) is 17.4 Å². The van der Waals surface area contributed by atoms with E-state index in [1.54, 1.807) is 91.8 Å². The van der Waals surface area contributed by atoms with Crippen LogP contribution in [0.1, 0.15) is 27.1 Å². The molecule has 5 rings (SSSR count). The van der Waals surface area contributed by atoms with E-state index in [1.807, 2.05) is 12.1 Å². The second-order valence-electron chi connectivity index (χ2n) is 10.8. The Morgan fingerprint density at radius 1 is 0.844 bits per heavy atom. The summed E-state index contributed by atoms with van der Waals surface area (Å²) < 4.78 is 46.8. The number of nitrogens with one attached hydrogen (secondary N) is 1. The summed E-state index contributed by atoms with van der Waals surface area (Å²) in [4.78, 5) is 28.7. The Balaban J connectivity index is 1.31. The minimum atomic E-state index is -4.10. The highest BCUT2D eigenvalue weighted by Crippen LogP contribution is 2.33. The molecular weight excluding hydrogens is 594 g/mol. The Morgan fingerprint density at radius 3 is 2.33 bits per heavy atom. The van der Waals surface area contributed by atoms with Crippen LogP contribution in [-0.4, -0.2) is 77.5 Å². The third-order valence-electron chi connectivity index (χ3n) is 7.46. The van der Waals surface area contributed by atoms with Gasteiger partial charge in [-0.25, -0.2) is 8.42 Å². The molecule has 0 aromatic heterocycles. The van der Waals surface area contributed by atoms with Crippen molar-refractivity contribution < 1.29 is 32.2 Å². The monoisotopic (exact) mass is 629 g/mol. The first-order valence-corrected chi connectivity index (χ1v) is 15.8. The fourth-order valence-corrected chi connectivity index (χ4v) is 6.44. The quantitative estimate of drug-likeness (QED) is 0.258. The topological polar surface area (TPSA) is 114 Å². The summed E-state index contributed by atoms with van der Waals surface area (Å²) in [7, 11) is 2.18. The maximum absolute atomic E-state index is 13.6. The van der Waals surface area contributed by atoms with Crippen LogP contribution in [0.25, 0.3) is 11.1 Å². The van der Waals surface area contributed by atoms with Gasteiger partial charge in [0.15, 0.2) is 0 Å². The molecule has 0 saturated carbocycles. The van der Waals surface area contributed by atoms with Gasteiger partial charge in [-0.3, -0.25) is 14.3 Å². The average Bonchev–Trinajstić information content (AvgIpc) is 3.52. The van der Waals surface area contributed by atoms with Gasteiger partial charge in [0.1, 0.15) is 28.2 Å². The molecule has 234 valence electrons. The van der Waals surface area contributed by atoms with Crippen LogP contribution in [0.4, 0.5) is 5.69 Å². The maximum atomic E-state index is 13.6. The van der Waals surface area contributed by atoms with Gasteiger partial charge in [-0.1, -0.05) is 36.4 Å². The SMILES string of the molecule is COc1ccccc1C(=O)N1CC[C@H](Oc2cccc(NS(=O)(=O)c3cc(-c4cccc(C(=O)N(C)C)c4)ccc3OC)c2)C1. The van der Waals surface area contributed by atoms with Crippen molar-refractivity contribution >= 4 is 27.5 Å². The van der Waals surface area contributed by atoms with Crippen molar-refractivity contribution in [2.24, 2.45) is 0 Å². The Kier molecular flexibility index (Phi) is 9.29. The molecule has 4 aromatic rings. The number of methoxy groups -OCH3 is 2. The van der Waals surface area contributed by atoms with Crippen LogP contribution in [0.5, 0.6) is 17.2 Å². The number of para-hydroxylation sites is 1. The fourth-order valence-electron chi connectivity index (χ4n) is 5.19. The third-order valence-corrected chi connectivity index (χ3v) is 8.86. The van der Waals surface area contributed by atoms with Gasteiger partial charge in [0.05, 0.1) is 32.0 Å². The fraction of sp³-hybridized carbons (Fsp3) is 0.235. The minimum absolute atomic E-state index is 0.0561. The van der Waals surface area contributed by atoms with Crippen LogP contribution in [-0.2, 0) is 10.0 Å². The van der Waals surface area contributed by atoms with Crippen molar-refractivity contribution in [1.82, 2.24) is 9.80 Å². The van der Waals surface area contributed by atoms with E-state index < -0.39 is 10.0 Å². The average molecular weight is 630 g/mol. The lowest BCUT2D eigenvalue weighted by Gasteiger charge is -2.19. The van der Waals surface area contributed by atoms with Crippen molar-refractivity contribution in [3.63, 3.8) is 0 Å². The number of hydrogen-bond acceptors (Lipinski definition) is 7. The molecule has 2 amide bonds. The van der Waals surface area contributed by atoms with Crippen LogP contribution >= 0.6 is 0 Å². The minimum Gasteiger partial charge on any atom is -0.496 e. The van der Waals surface area contributed by atoms with E-state index in [2.05, 4.69) is 4.72 Å². The Bertz CT molecular complexity index is 1820. The number of carbonyl (C=O) groups is 2. The summed E-state index contributed by atoms with van der Waals surface area (Å²) >= 11 is 0. The van der Waals surface area contributed by atoms with E-state index in [0.29, 0.717) is 59.0 Å². The Morgan fingerprint density at radius 2 is 1.58 bits per heavy atom. The van der Waals surface area contributed by atoms with E-state index in [4.69, 9.17) is 14.2 Å². The number of sulfonamides is 1. The van der Waals surface area contributed by atoms with Gasteiger partial charge >= 0.3 is 0 Å². The molecule has 11 heteroatoms. The number of nitrogens with zero attached hydrogens (tertiary/aromatic N) is 2. The highest BCUT2D eigenvalue weighted by atomic mass is 32.2. The molecular formula is C34H35N3O7S. The van der Waals surface area contributed by atoms with Crippen LogP contribution in [0.2, 0.25) is 0 Å². The van der Waals surface area contributed by atoms with Crippen molar-refractivity contribution in [3.8, 4) is 28.4 Å². The van der Waals surface area contributed by atoms with E-state index in [0.717, 1.165) is 0 Å². The van der Waals surface area contributed by atoms with Crippen molar-refractivity contribution in [1.29, 1.82) is 0 Å². The summed E-state index contributed by atoms with van der Waals surface area (Å²) in [6.07, 6.45) is 0.366. The number of anilines is 1. The number of amides is 2. The van der Waals surface area contributed by atoms with E-state index in [9.17, 15) is 18.0 Å². The predicted octanol–water partition coefficient (Wildman–Crippen LogP) is 5.17. The van der Waals surface area contributed by atoms with Gasteiger partial charge in [0.25, 0.3) is 21.8 Å². The highest BCUT2D eigenvalue weighted by molar-refractivity contribution is 7.92. The molecule has 1 aliphatic rings. The van der Waals surface area contributed by atoms with E-state index in [1.165, 1.54) is 25.2 Å². The standard InChI is InChI=1S/C34H35N3O7S/c1-36(2)33(38)25-10-7-9-23(19-25)24-15-16-31(43-4)32(20-24)45(40,41)35-26-11-8-12-27(21-26)44-28-17-18-37(22-28)34(39)29-13-5-6-14-30(29)42-3/h5-16,19-21,28,35H,17-18,22H2,1-4H3/t28-/m0/s1. The van der Waals surface area contributed by atoms with Crippen molar-refractivity contribution in [3.05, 3.63) is 102 Å². The van der Waals surface area contributed by atoms with E-state index in [-0.39, 0.29) is 28.6 Å². The number of likely N-dealkylation sites (tertiary alicyclic amines) is 1. The molecule has 1 aliphatic heterocycles. The summed E-state index contributed by atoms with van der Waals surface area (Å²) in [6, 6.07) is 25.6. The lowest BCUT2D eigenvalue weighted by Crippen LogP contribution is -2.31. The molecule has 0 aliphatic carbocycles. The molecule has 1 N–H and O–H groups in total. The molecule has 45 heavy (non-hydrogen) atoms. The summed E-state index contributed by atoms with van der Waals surface area (Å²) in [5, 5.41) is 0. The number of ether oxygens (including phenoxy) is 3. The smallest absolute Gasteiger partial charge is 0.265 e. The van der Waals surface area contributed by atoms with Crippen LogP contribution in [0, 0.1) is 0 Å². The lowest BCUT2D eigenvalue weighted by molar-refractivity contribution is 0.0768. The molecule has 0 radical (unpaired) electrons. The molecule has 10 nitrogen and oxygen atoms in total. The molecule has 0 spiro atoms. The first kappa shape index (κ1) is 31.4. The van der Waals surface area contributed by atoms with Gasteiger partial charge in [-0.05, 0) is 59.7 Å². The molecule has 1 saturated heterocycles. The largest absolute Gasteiger partial charge is 0.496 e. The van der Waals surface area contributed by atoms with Gasteiger partial charge < -0.3 is 24.0 Å². The molecule has 0 unspecified atom stereocenters. The zero-order valence-corrected chi connectivity index (χ0v) is 26.3. The zero-order valence-electron chi connectivity index (χ0n) is 25.5. The molecule has 0 bridgehead atoms. The Hall–Kier alpha value is -5.03. The van der Waals surface area contributed by atoms with Crippen LogP contribution < -0.4 is 18.9 Å². The van der Waals surface area contributed by atoms with Crippen molar-refractivity contribution in [2.75, 3.05) is 46.1 Å². The summed E-state index contributed by atoms with van der Waals surface area (Å²) in [5.41, 5.74) is 2.58. The Labute approximate surface area is 263 Å². The molecule has 1 heterocycles. The number of rotatable bonds is 10. The highest BCUT2D eigenvalue weighted by Gasteiger charge is 2.30. The van der Waals surface area contributed by atoms with E-state index >= 15 is 0 Å². The lowest BCUT2D eigenvalue weighted by atomic mass is 10.0. The number of carbonyl (C=O) groups excluding carboxylic acids is 2. The summed E-state index contributed by atoms with van der Waals surface area (Å²) in [6.45, 7) is 0.911. The second kappa shape index (κ2) is 13.3. The predicted molar refractivity (Wildman–Crippen MR) is 172 cm³/mol.